The van der Waals surface area contributed by atoms with Crippen LogP contribution in [-0.4, -0.2) is 30.0 Å². The first-order chi connectivity index (χ1) is 10.3. The molecule has 1 aliphatic heterocycles. The van der Waals surface area contributed by atoms with Crippen molar-refractivity contribution in [2.24, 2.45) is 0 Å². The second-order valence-corrected chi connectivity index (χ2v) is 5.96. The first kappa shape index (κ1) is 14.4. The summed E-state index contributed by atoms with van der Waals surface area (Å²) in [5.74, 6) is 6.35. The van der Waals surface area contributed by atoms with E-state index in [0.717, 1.165) is 17.7 Å². The third-order valence-electron chi connectivity index (χ3n) is 4.46. The average Bonchev–Trinajstić information content (AvgIpc) is 3.14. The molecule has 1 saturated heterocycles. The summed E-state index contributed by atoms with van der Waals surface area (Å²) in [6.07, 6.45) is 7.60. The predicted molar refractivity (Wildman–Crippen MR) is 81.2 cm³/mol. The molecule has 0 bridgehead atoms. The van der Waals surface area contributed by atoms with Gasteiger partial charge in [0.15, 0.2) is 0 Å². The number of ether oxygens (including phenoxy) is 2. The van der Waals surface area contributed by atoms with Gasteiger partial charge in [-0.05, 0) is 49.9 Å². The number of aliphatic hydroxyl groups excluding tert-OH is 1. The maximum absolute atomic E-state index is 8.66. The number of rotatable bonds is 3. The third-order valence-corrected chi connectivity index (χ3v) is 4.46. The van der Waals surface area contributed by atoms with Crippen LogP contribution in [0.4, 0.5) is 0 Å². The van der Waals surface area contributed by atoms with Crippen LogP contribution in [0.3, 0.4) is 0 Å². The Hall–Kier alpha value is -1.50. The summed E-state index contributed by atoms with van der Waals surface area (Å²) in [4.78, 5) is 0. The zero-order valence-electron chi connectivity index (χ0n) is 12.3. The zero-order chi connectivity index (χ0) is 14.5. The van der Waals surface area contributed by atoms with E-state index in [-0.39, 0.29) is 18.3 Å². The molecule has 2 aliphatic rings. The Labute approximate surface area is 126 Å². The summed E-state index contributed by atoms with van der Waals surface area (Å²) in [6, 6.07) is 7.65. The summed E-state index contributed by atoms with van der Waals surface area (Å²) in [5, 5.41) is 8.66. The molecule has 1 atom stereocenters. The van der Waals surface area contributed by atoms with Crippen molar-refractivity contribution in [3.63, 3.8) is 0 Å². The highest BCUT2D eigenvalue weighted by Gasteiger charge is 2.42. The van der Waals surface area contributed by atoms with Gasteiger partial charge in [0, 0.05) is 5.56 Å². The van der Waals surface area contributed by atoms with E-state index in [0.29, 0.717) is 6.61 Å². The lowest BCUT2D eigenvalue weighted by atomic mass is 9.98. The van der Waals surface area contributed by atoms with Crippen molar-refractivity contribution in [2.45, 2.75) is 50.2 Å². The highest BCUT2D eigenvalue weighted by Crippen LogP contribution is 2.43. The van der Waals surface area contributed by atoms with Gasteiger partial charge >= 0.3 is 0 Å². The van der Waals surface area contributed by atoms with Gasteiger partial charge in [-0.25, -0.2) is 0 Å². The van der Waals surface area contributed by atoms with Crippen molar-refractivity contribution >= 4 is 0 Å². The van der Waals surface area contributed by atoms with E-state index in [1.165, 1.54) is 32.1 Å². The van der Waals surface area contributed by atoms with Crippen molar-refractivity contribution in [3.05, 3.63) is 29.8 Å². The SMILES string of the molecule is OCC#Cc1ccc(OCC2CCC3(CCCC3)O2)cc1. The first-order valence-electron chi connectivity index (χ1n) is 7.80. The minimum absolute atomic E-state index is 0.112. The van der Waals surface area contributed by atoms with Crippen LogP contribution >= 0.6 is 0 Å². The zero-order valence-corrected chi connectivity index (χ0v) is 12.3. The lowest BCUT2D eigenvalue weighted by Crippen LogP contribution is -2.27. The normalized spacial score (nSPS) is 23.0. The van der Waals surface area contributed by atoms with Crippen LogP contribution in [0, 0.1) is 11.8 Å². The monoisotopic (exact) mass is 286 g/mol. The molecular formula is C18H22O3. The Morgan fingerprint density at radius 1 is 1.19 bits per heavy atom. The predicted octanol–water partition coefficient (Wildman–Crippen LogP) is 2.90. The van der Waals surface area contributed by atoms with Crippen LogP contribution in [0.1, 0.15) is 44.1 Å². The van der Waals surface area contributed by atoms with Crippen molar-refractivity contribution in [1.29, 1.82) is 0 Å². The fourth-order valence-electron chi connectivity index (χ4n) is 3.37. The molecule has 112 valence electrons. The molecule has 1 aromatic carbocycles. The van der Waals surface area contributed by atoms with Crippen LogP contribution in [-0.2, 0) is 4.74 Å². The molecule has 2 fully saturated rings. The summed E-state index contributed by atoms with van der Waals surface area (Å²) in [5.41, 5.74) is 1.07. The van der Waals surface area contributed by atoms with Gasteiger partial charge in [-0.1, -0.05) is 24.7 Å². The maximum Gasteiger partial charge on any atom is 0.119 e. The summed E-state index contributed by atoms with van der Waals surface area (Å²) < 4.78 is 12.1. The van der Waals surface area contributed by atoms with Crippen molar-refractivity contribution < 1.29 is 14.6 Å². The molecule has 1 unspecified atom stereocenters. The van der Waals surface area contributed by atoms with Gasteiger partial charge in [0.1, 0.15) is 19.0 Å². The second kappa shape index (κ2) is 6.51. The van der Waals surface area contributed by atoms with E-state index in [2.05, 4.69) is 11.8 Å². The van der Waals surface area contributed by atoms with E-state index in [1.807, 2.05) is 24.3 Å². The van der Waals surface area contributed by atoms with Gasteiger partial charge in [-0.2, -0.15) is 0 Å². The molecular weight excluding hydrogens is 264 g/mol. The Morgan fingerprint density at radius 2 is 1.95 bits per heavy atom. The standard InChI is InChI=1S/C18H22O3/c19-13-3-4-15-5-7-16(8-6-15)20-14-17-9-12-18(21-17)10-1-2-11-18/h5-8,17,19H,1-2,9-14H2. The minimum Gasteiger partial charge on any atom is -0.491 e. The number of hydrogen-bond acceptors (Lipinski definition) is 3. The van der Waals surface area contributed by atoms with Crippen LogP contribution in [0.5, 0.6) is 5.75 Å². The van der Waals surface area contributed by atoms with Crippen molar-refractivity contribution in [2.75, 3.05) is 13.2 Å². The Morgan fingerprint density at radius 3 is 2.67 bits per heavy atom. The minimum atomic E-state index is -0.112. The number of benzene rings is 1. The lowest BCUT2D eigenvalue weighted by molar-refractivity contribution is -0.0508. The Kier molecular flexibility index (Phi) is 4.48. The van der Waals surface area contributed by atoms with Crippen molar-refractivity contribution in [1.82, 2.24) is 0 Å². The molecule has 1 aromatic rings. The van der Waals surface area contributed by atoms with Gasteiger partial charge in [-0.15, -0.1) is 0 Å². The largest absolute Gasteiger partial charge is 0.491 e. The average molecular weight is 286 g/mol. The van der Waals surface area contributed by atoms with Gasteiger partial charge in [0.2, 0.25) is 0 Å². The molecule has 21 heavy (non-hydrogen) atoms. The Bertz CT molecular complexity index is 518. The molecule has 0 aromatic heterocycles. The summed E-state index contributed by atoms with van der Waals surface area (Å²) in [6.45, 7) is 0.516. The highest BCUT2D eigenvalue weighted by molar-refractivity contribution is 5.38. The highest BCUT2D eigenvalue weighted by atomic mass is 16.6. The van der Waals surface area contributed by atoms with Gasteiger partial charge in [0.25, 0.3) is 0 Å². The van der Waals surface area contributed by atoms with Crippen LogP contribution in [0.15, 0.2) is 24.3 Å². The molecule has 0 radical (unpaired) electrons. The van der Waals surface area contributed by atoms with Crippen molar-refractivity contribution in [3.8, 4) is 17.6 Å². The van der Waals surface area contributed by atoms with Crippen LogP contribution in [0.2, 0.25) is 0 Å². The fourth-order valence-corrected chi connectivity index (χ4v) is 3.37. The molecule has 1 spiro atoms. The van der Waals surface area contributed by atoms with E-state index in [4.69, 9.17) is 14.6 Å². The molecule has 3 heteroatoms. The fraction of sp³-hybridized carbons (Fsp3) is 0.556. The molecule has 1 aliphatic carbocycles. The second-order valence-electron chi connectivity index (χ2n) is 5.96. The van der Waals surface area contributed by atoms with E-state index < -0.39 is 0 Å². The molecule has 0 amide bonds. The van der Waals surface area contributed by atoms with E-state index in [1.54, 1.807) is 0 Å². The van der Waals surface area contributed by atoms with Gasteiger partial charge in [-0.3, -0.25) is 0 Å². The molecule has 1 saturated carbocycles. The van der Waals surface area contributed by atoms with E-state index >= 15 is 0 Å². The molecule has 1 N–H and O–H groups in total. The summed E-state index contributed by atoms with van der Waals surface area (Å²) in [7, 11) is 0. The van der Waals surface area contributed by atoms with Crippen LogP contribution < -0.4 is 4.74 Å². The summed E-state index contributed by atoms with van der Waals surface area (Å²) >= 11 is 0. The first-order valence-corrected chi connectivity index (χ1v) is 7.80. The van der Waals surface area contributed by atoms with Gasteiger partial charge < -0.3 is 14.6 Å². The van der Waals surface area contributed by atoms with E-state index in [9.17, 15) is 0 Å². The Balaban J connectivity index is 1.49. The smallest absolute Gasteiger partial charge is 0.119 e. The maximum atomic E-state index is 8.66. The number of aliphatic hydroxyl groups is 1. The van der Waals surface area contributed by atoms with Crippen LogP contribution in [0.25, 0.3) is 0 Å². The topological polar surface area (TPSA) is 38.7 Å². The molecule has 3 nitrogen and oxygen atoms in total. The molecule has 1 heterocycles. The quantitative estimate of drug-likeness (QED) is 0.868. The lowest BCUT2D eigenvalue weighted by Gasteiger charge is -2.23. The number of hydrogen-bond donors (Lipinski definition) is 1. The third kappa shape index (κ3) is 3.58. The van der Waals surface area contributed by atoms with Gasteiger partial charge in [0.05, 0.1) is 11.7 Å². The molecule has 3 rings (SSSR count).